The molecule has 1 amide bonds. The maximum absolute atomic E-state index is 12.1. The number of carboxylic acids is 1. The van der Waals surface area contributed by atoms with Crippen molar-refractivity contribution in [3.63, 3.8) is 0 Å². The molecule has 0 aliphatic rings. The smallest absolute Gasteiger partial charge is 0.303 e. The van der Waals surface area contributed by atoms with E-state index in [0.29, 0.717) is 19.5 Å². The van der Waals surface area contributed by atoms with Gasteiger partial charge < -0.3 is 15.3 Å². The summed E-state index contributed by atoms with van der Waals surface area (Å²) in [6, 6.07) is 9.29. The largest absolute Gasteiger partial charge is 0.481 e. The number of carbonyl (C=O) groups is 2. The Morgan fingerprint density at radius 3 is 2.52 bits per heavy atom. The van der Waals surface area contributed by atoms with Crippen LogP contribution in [-0.4, -0.2) is 36.1 Å². The third kappa shape index (κ3) is 5.85. The summed E-state index contributed by atoms with van der Waals surface area (Å²) in [5, 5.41) is 11.6. The quantitative estimate of drug-likeness (QED) is 0.732. The first-order valence-corrected chi connectivity index (χ1v) is 7.37. The topological polar surface area (TPSA) is 69.6 Å². The molecule has 1 aromatic rings. The summed E-state index contributed by atoms with van der Waals surface area (Å²) in [6.07, 6.45) is 1.51. The van der Waals surface area contributed by atoms with E-state index in [2.05, 4.69) is 5.32 Å². The Bertz CT molecular complexity index is 448. The van der Waals surface area contributed by atoms with Crippen LogP contribution >= 0.6 is 0 Å². The van der Waals surface area contributed by atoms with Crippen LogP contribution in [-0.2, 0) is 9.59 Å². The van der Waals surface area contributed by atoms with Crippen LogP contribution in [0.25, 0.3) is 0 Å². The van der Waals surface area contributed by atoms with Gasteiger partial charge in [-0.05, 0) is 31.9 Å². The fourth-order valence-corrected chi connectivity index (χ4v) is 2.10. The highest BCUT2D eigenvalue weighted by molar-refractivity contribution is 5.84. The van der Waals surface area contributed by atoms with Crippen molar-refractivity contribution in [3.05, 3.63) is 30.3 Å². The van der Waals surface area contributed by atoms with Crippen molar-refractivity contribution in [1.82, 2.24) is 5.32 Å². The summed E-state index contributed by atoms with van der Waals surface area (Å²) in [7, 11) is 0. The molecule has 0 saturated carbocycles. The first-order chi connectivity index (χ1) is 10.1. The van der Waals surface area contributed by atoms with Gasteiger partial charge in [0.15, 0.2) is 0 Å². The Morgan fingerprint density at radius 1 is 1.29 bits per heavy atom. The summed E-state index contributed by atoms with van der Waals surface area (Å²) in [5.41, 5.74) is 0.932. The van der Waals surface area contributed by atoms with Gasteiger partial charge in [0.25, 0.3) is 0 Å². The van der Waals surface area contributed by atoms with E-state index in [9.17, 15) is 9.59 Å². The summed E-state index contributed by atoms with van der Waals surface area (Å²) in [6.45, 7) is 5.05. The minimum atomic E-state index is -0.814. The molecule has 1 aromatic carbocycles. The molecule has 5 heteroatoms. The van der Waals surface area contributed by atoms with Crippen LogP contribution in [0, 0.1) is 0 Å². The number of aliphatic carboxylic acids is 1. The van der Waals surface area contributed by atoms with E-state index in [1.807, 2.05) is 49.1 Å². The van der Waals surface area contributed by atoms with Gasteiger partial charge in [-0.15, -0.1) is 0 Å². The number of carboxylic acid groups (broad SMARTS) is 1. The van der Waals surface area contributed by atoms with Gasteiger partial charge in [0.05, 0.1) is 0 Å². The zero-order valence-corrected chi connectivity index (χ0v) is 12.7. The van der Waals surface area contributed by atoms with Crippen molar-refractivity contribution in [2.45, 2.75) is 39.2 Å². The highest BCUT2D eigenvalue weighted by Crippen LogP contribution is 2.17. The van der Waals surface area contributed by atoms with Crippen LogP contribution in [0.4, 0.5) is 5.69 Å². The predicted octanol–water partition coefficient (Wildman–Crippen LogP) is 2.27. The number of nitrogens with zero attached hydrogens (tertiary/aromatic N) is 1. The second kappa shape index (κ2) is 9.00. The summed E-state index contributed by atoms with van der Waals surface area (Å²) in [5.74, 6) is -0.845. The van der Waals surface area contributed by atoms with Crippen molar-refractivity contribution in [3.8, 4) is 0 Å². The summed E-state index contributed by atoms with van der Waals surface area (Å²) < 4.78 is 0. The average Bonchev–Trinajstić information content (AvgIpc) is 2.49. The lowest BCUT2D eigenvalue weighted by atomic mass is 10.1. The molecule has 1 unspecified atom stereocenters. The van der Waals surface area contributed by atoms with Crippen LogP contribution in [0.2, 0.25) is 0 Å². The molecule has 0 spiro atoms. The number of nitrogens with one attached hydrogen (secondary N) is 1. The second-order valence-electron chi connectivity index (χ2n) is 4.99. The Morgan fingerprint density at radius 2 is 1.95 bits per heavy atom. The molecule has 0 aliphatic heterocycles. The highest BCUT2D eigenvalue weighted by Gasteiger charge is 2.21. The predicted molar refractivity (Wildman–Crippen MR) is 83.4 cm³/mol. The highest BCUT2D eigenvalue weighted by atomic mass is 16.4. The van der Waals surface area contributed by atoms with Crippen molar-refractivity contribution in [2.24, 2.45) is 0 Å². The lowest BCUT2D eigenvalue weighted by molar-refractivity contribution is -0.137. The fraction of sp³-hybridized carbons (Fsp3) is 0.500. The van der Waals surface area contributed by atoms with Gasteiger partial charge in [-0.2, -0.15) is 0 Å². The number of para-hydroxylation sites is 1. The van der Waals surface area contributed by atoms with Crippen molar-refractivity contribution in [1.29, 1.82) is 0 Å². The van der Waals surface area contributed by atoms with Crippen LogP contribution < -0.4 is 10.2 Å². The number of carbonyl (C=O) groups excluding carboxylic acids is 1. The third-order valence-corrected chi connectivity index (χ3v) is 3.27. The van der Waals surface area contributed by atoms with Gasteiger partial charge in [0.1, 0.15) is 6.04 Å². The van der Waals surface area contributed by atoms with Gasteiger partial charge in [0, 0.05) is 25.2 Å². The fourth-order valence-electron chi connectivity index (χ4n) is 2.10. The molecular formula is C16H24N2O3. The summed E-state index contributed by atoms with van der Waals surface area (Å²) >= 11 is 0. The van der Waals surface area contributed by atoms with E-state index in [0.717, 1.165) is 12.1 Å². The van der Waals surface area contributed by atoms with Crippen molar-refractivity contribution in [2.75, 3.05) is 18.0 Å². The number of rotatable bonds is 9. The summed E-state index contributed by atoms with van der Waals surface area (Å²) in [4.78, 5) is 24.8. The lowest BCUT2D eigenvalue weighted by Crippen LogP contribution is -2.46. The molecule has 0 fully saturated rings. The monoisotopic (exact) mass is 292 g/mol. The first kappa shape index (κ1) is 17.0. The van der Waals surface area contributed by atoms with Crippen LogP contribution in [0.3, 0.4) is 0 Å². The number of hydrogen-bond acceptors (Lipinski definition) is 3. The maximum Gasteiger partial charge on any atom is 0.303 e. The molecule has 0 saturated heterocycles. The lowest BCUT2D eigenvalue weighted by Gasteiger charge is -2.30. The molecule has 1 rings (SSSR count). The third-order valence-electron chi connectivity index (χ3n) is 3.27. The number of amides is 1. The first-order valence-electron chi connectivity index (χ1n) is 7.37. The van der Waals surface area contributed by atoms with Crippen LogP contribution in [0.5, 0.6) is 0 Å². The van der Waals surface area contributed by atoms with Crippen LogP contribution in [0.1, 0.15) is 33.1 Å². The van der Waals surface area contributed by atoms with Gasteiger partial charge in [-0.3, -0.25) is 9.59 Å². The van der Waals surface area contributed by atoms with Gasteiger partial charge >= 0.3 is 5.97 Å². The molecular weight excluding hydrogens is 268 g/mol. The standard InChI is InChI=1S/C16H24N2O3/c1-3-11-17-16(21)13(2)18(12-7-10-15(19)20)14-8-5-4-6-9-14/h4-6,8-9,13H,3,7,10-12H2,1-2H3,(H,17,21)(H,19,20). The SMILES string of the molecule is CCCNC(=O)C(C)N(CCCC(=O)O)c1ccccc1. The van der Waals surface area contributed by atoms with Gasteiger partial charge in [0.2, 0.25) is 5.91 Å². The molecule has 5 nitrogen and oxygen atoms in total. The van der Waals surface area contributed by atoms with Gasteiger partial charge in [-0.25, -0.2) is 0 Å². The van der Waals surface area contributed by atoms with E-state index < -0.39 is 5.97 Å². The number of anilines is 1. The molecule has 0 radical (unpaired) electrons. The van der Waals surface area contributed by atoms with E-state index in [1.165, 1.54) is 0 Å². The van der Waals surface area contributed by atoms with E-state index in [1.54, 1.807) is 0 Å². The maximum atomic E-state index is 12.1. The van der Waals surface area contributed by atoms with Crippen molar-refractivity contribution < 1.29 is 14.7 Å². The Kier molecular flexibility index (Phi) is 7.29. The Hall–Kier alpha value is -2.04. The molecule has 1 atom stereocenters. The van der Waals surface area contributed by atoms with Crippen LogP contribution in [0.15, 0.2) is 30.3 Å². The Labute approximate surface area is 126 Å². The number of hydrogen-bond donors (Lipinski definition) is 2. The van der Waals surface area contributed by atoms with E-state index >= 15 is 0 Å². The average molecular weight is 292 g/mol. The molecule has 2 N–H and O–H groups in total. The zero-order valence-electron chi connectivity index (χ0n) is 12.7. The van der Waals surface area contributed by atoms with E-state index in [4.69, 9.17) is 5.11 Å². The van der Waals surface area contributed by atoms with Gasteiger partial charge in [-0.1, -0.05) is 25.1 Å². The van der Waals surface area contributed by atoms with E-state index in [-0.39, 0.29) is 18.4 Å². The second-order valence-corrected chi connectivity index (χ2v) is 4.99. The molecule has 21 heavy (non-hydrogen) atoms. The Balaban J connectivity index is 2.75. The number of benzene rings is 1. The molecule has 0 aliphatic carbocycles. The zero-order chi connectivity index (χ0) is 15.7. The molecule has 0 heterocycles. The van der Waals surface area contributed by atoms with Crippen molar-refractivity contribution >= 4 is 17.6 Å². The molecule has 116 valence electrons. The minimum Gasteiger partial charge on any atom is -0.481 e. The molecule has 0 bridgehead atoms. The minimum absolute atomic E-state index is 0.0315. The molecule has 0 aromatic heterocycles. The normalized spacial score (nSPS) is 11.7.